The molecule has 1 rings (SSSR count). The zero-order chi connectivity index (χ0) is 9.84. The molecule has 3 atom stereocenters. The zero-order valence-corrected chi connectivity index (χ0v) is 8.88. The van der Waals surface area contributed by atoms with Gasteiger partial charge in [-0.3, -0.25) is 4.79 Å². The van der Waals surface area contributed by atoms with Gasteiger partial charge in [0.2, 0.25) is 0 Å². The molecule has 1 heterocycles. The van der Waals surface area contributed by atoms with Crippen LogP contribution in [0.3, 0.4) is 0 Å². The van der Waals surface area contributed by atoms with Gasteiger partial charge >= 0.3 is 5.97 Å². The van der Waals surface area contributed by atoms with Crippen LogP contribution < -0.4 is 0 Å². The monoisotopic (exact) mass is 184 g/mol. The molecule has 0 aromatic heterocycles. The van der Waals surface area contributed by atoms with Gasteiger partial charge in [0.1, 0.15) is 6.10 Å². The summed E-state index contributed by atoms with van der Waals surface area (Å²) in [7, 11) is 0. The van der Waals surface area contributed by atoms with E-state index in [9.17, 15) is 4.79 Å². The largest absolute Gasteiger partial charge is 0.462 e. The average Bonchev–Trinajstić information content (AvgIpc) is 2.34. The van der Waals surface area contributed by atoms with Crippen molar-refractivity contribution in [3.63, 3.8) is 0 Å². The molecule has 0 spiro atoms. The molecule has 76 valence electrons. The molecular formula is C11H20O2. The lowest BCUT2D eigenvalue weighted by molar-refractivity contribution is -0.144. The summed E-state index contributed by atoms with van der Waals surface area (Å²) < 4.78 is 5.29. The fourth-order valence-electron chi connectivity index (χ4n) is 1.82. The van der Waals surface area contributed by atoms with E-state index < -0.39 is 0 Å². The smallest absolute Gasteiger partial charge is 0.309 e. The lowest BCUT2D eigenvalue weighted by Gasteiger charge is -2.13. The maximum Gasteiger partial charge on any atom is 0.309 e. The van der Waals surface area contributed by atoms with Crippen molar-refractivity contribution in [2.45, 2.75) is 52.6 Å². The lowest BCUT2D eigenvalue weighted by atomic mass is 9.91. The summed E-state index contributed by atoms with van der Waals surface area (Å²) in [6.07, 6.45) is 4.89. The minimum Gasteiger partial charge on any atom is -0.462 e. The van der Waals surface area contributed by atoms with Crippen molar-refractivity contribution >= 4 is 5.97 Å². The molecule has 0 saturated carbocycles. The highest BCUT2D eigenvalue weighted by atomic mass is 16.6. The highest BCUT2D eigenvalue weighted by Gasteiger charge is 2.37. The van der Waals surface area contributed by atoms with Gasteiger partial charge in [-0.15, -0.1) is 0 Å². The Labute approximate surface area is 80.7 Å². The number of rotatable bonds is 4. The van der Waals surface area contributed by atoms with Gasteiger partial charge < -0.3 is 4.74 Å². The van der Waals surface area contributed by atoms with Crippen LogP contribution in [-0.4, -0.2) is 12.1 Å². The van der Waals surface area contributed by atoms with Crippen LogP contribution in [0.1, 0.15) is 46.5 Å². The van der Waals surface area contributed by atoms with Crippen LogP contribution in [0.2, 0.25) is 0 Å². The molecule has 0 N–H and O–H groups in total. The quantitative estimate of drug-likeness (QED) is 0.496. The minimum absolute atomic E-state index is 0.00556. The third-order valence-corrected chi connectivity index (χ3v) is 3.11. The zero-order valence-electron chi connectivity index (χ0n) is 8.88. The molecule has 0 bridgehead atoms. The molecule has 0 aromatic carbocycles. The van der Waals surface area contributed by atoms with E-state index in [0.29, 0.717) is 5.92 Å². The van der Waals surface area contributed by atoms with E-state index in [4.69, 9.17) is 4.74 Å². The number of ether oxygens (including phenoxy) is 1. The van der Waals surface area contributed by atoms with E-state index in [2.05, 4.69) is 13.8 Å². The second kappa shape index (κ2) is 4.64. The maximum atomic E-state index is 11.2. The van der Waals surface area contributed by atoms with Crippen LogP contribution in [-0.2, 0) is 9.53 Å². The Hall–Kier alpha value is -0.530. The molecule has 2 heteroatoms. The van der Waals surface area contributed by atoms with E-state index in [1.54, 1.807) is 0 Å². The van der Waals surface area contributed by atoms with E-state index >= 15 is 0 Å². The van der Waals surface area contributed by atoms with Crippen molar-refractivity contribution in [3.8, 4) is 0 Å². The number of unbranched alkanes of at least 4 members (excludes halogenated alkanes) is 2. The first-order chi connectivity index (χ1) is 6.16. The van der Waals surface area contributed by atoms with Crippen LogP contribution in [0.25, 0.3) is 0 Å². The SMILES string of the molecule is CCCCCC1OC(=O)C(C)C1C. The number of carbonyl (C=O) groups excluding carboxylic acids is 1. The standard InChI is InChI=1S/C11H20O2/c1-4-5-6-7-10-8(2)9(3)11(12)13-10/h8-10H,4-7H2,1-3H3. The number of esters is 1. The molecule has 1 aliphatic heterocycles. The van der Waals surface area contributed by atoms with Crippen LogP contribution in [0.15, 0.2) is 0 Å². The first kappa shape index (κ1) is 10.6. The summed E-state index contributed by atoms with van der Waals surface area (Å²) in [6, 6.07) is 0. The first-order valence-electron chi connectivity index (χ1n) is 5.37. The van der Waals surface area contributed by atoms with Crippen LogP contribution >= 0.6 is 0 Å². The Morgan fingerprint density at radius 1 is 1.31 bits per heavy atom. The van der Waals surface area contributed by atoms with Crippen molar-refractivity contribution < 1.29 is 9.53 Å². The van der Waals surface area contributed by atoms with Crippen molar-refractivity contribution in [2.24, 2.45) is 11.8 Å². The Morgan fingerprint density at radius 3 is 2.46 bits per heavy atom. The highest BCUT2D eigenvalue weighted by molar-refractivity contribution is 5.74. The molecule has 2 nitrogen and oxygen atoms in total. The third kappa shape index (κ3) is 2.45. The Morgan fingerprint density at radius 2 is 2.00 bits per heavy atom. The number of cyclic esters (lactones) is 1. The van der Waals surface area contributed by atoms with Crippen molar-refractivity contribution in [1.82, 2.24) is 0 Å². The van der Waals surface area contributed by atoms with E-state index in [-0.39, 0.29) is 18.0 Å². The van der Waals surface area contributed by atoms with Gasteiger partial charge in [-0.25, -0.2) is 0 Å². The highest BCUT2D eigenvalue weighted by Crippen LogP contribution is 2.30. The third-order valence-electron chi connectivity index (χ3n) is 3.11. The second-order valence-corrected chi connectivity index (χ2v) is 4.12. The fourth-order valence-corrected chi connectivity index (χ4v) is 1.82. The average molecular weight is 184 g/mol. The topological polar surface area (TPSA) is 26.3 Å². The predicted molar refractivity (Wildman–Crippen MR) is 52.4 cm³/mol. The molecule has 1 fully saturated rings. The summed E-state index contributed by atoms with van der Waals surface area (Å²) in [5, 5.41) is 0. The first-order valence-corrected chi connectivity index (χ1v) is 5.37. The summed E-state index contributed by atoms with van der Waals surface area (Å²) >= 11 is 0. The van der Waals surface area contributed by atoms with Gasteiger partial charge in [-0.1, -0.05) is 33.6 Å². The number of hydrogen-bond acceptors (Lipinski definition) is 2. The molecule has 0 amide bonds. The molecule has 3 unspecified atom stereocenters. The number of hydrogen-bond donors (Lipinski definition) is 0. The van der Waals surface area contributed by atoms with Gasteiger partial charge in [0.05, 0.1) is 5.92 Å². The second-order valence-electron chi connectivity index (χ2n) is 4.12. The Balaban J connectivity index is 2.31. The van der Waals surface area contributed by atoms with E-state index in [1.807, 2.05) is 6.92 Å². The fraction of sp³-hybridized carbons (Fsp3) is 0.909. The predicted octanol–water partition coefficient (Wildman–Crippen LogP) is 2.76. The van der Waals surface area contributed by atoms with Crippen molar-refractivity contribution in [1.29, 1.82) is 0 Å². The lowest BCUT2D eigenvalue weighted by Crippen LogP contribution is -2.15. The van der Waals surface area contributed by atoms with Gasteiger partial charge in [0.15, 0.2) is 0 Å². The van der Waals surface area contributed by atoms with E-state index in [0.717, 1.165) is 6.42 Å². The maximum absolute atomic E-state index is 11.2. The van der Waals surface area contributed by atoms with Gasteiger partial charge in [-0.05, 0) is 12.8 Å². The van der Waals surface area contributed by atoms with Crippen LogP contribution in [0.4, 0.5) is 0 Å². The number of carbonyl (C=O) groups is 1. The molecular weight excluding hydrogens is 164 g/mol. The molecule has 1 aliphatic rings. The Kier molecular flexibility index (Phi) is 3.76. The van der Waals surface area contributed by atoms with Crippen molar-refractivity contribution in [3.05, 3.63) is 0 Å². The molecule has 0 aliphatic carbocycles. The molecule has 0 aromatic rings. The van der Waals surface area contributed by atoms with Gasteiger partial charge in [0, 0.05) is 5.92 Å². The van der Waals surface area contributed by atoms with Gasteiger partial charge in [0.25, 0.3) is 0 Å². The minimum atomic E-state index is -0.00556. The van der Waals surface area contributed by atoms with Crippen LogP contribution in [0.5, 0.6) is 0 Å². The van der Waals surface area contributed by atoms with Crippen LogP contribution in [0, 0.1) is 11.8 Å². The summed E-state index contributed by atoms with van der Waals surface area (Å²) in [5.74, 6) is 0.505. The molecule has 13 heavy (non-hydrogen) atoms. The molecule has 1 saturated heterocycles. The summed E-state index contributed by atoms with van der Waals surface area (Å²) in [5.41, 5.74) is 0. The normalized spacial score (nSPS) is 33.5. The summed E-state index contributed by atoms with van der Waals surface area (Å²) in [4.78, 5) is 11.2. The van der Waals surface area contributed by atoms with Crippen molar-refractivity contribution in [2.75, 3.05) is 0 Å². The molecule has 0 radical (unpaired) electrons. The summed E-state index contributed by atoms with van der Waals surface area (Å²) in [6.45, 7) is 6.27. The van der Waals surface area contributed by atoms with E-state index in [1.165, 1.54) is 19.3 Å². The Bertz CT molecular complexity index is 177. The van der Waals surface area contributed by atoms with Gasteiger partial charge in [-0.2, -0.15) is 0 Å².